The summed E-state index contributed by atoms with van der Waals surface area (Å²) in [7, 11) is 0. The van der Waals surface area contributed by atoms with Crippen LogP contribution in [-0.4, -0.2) is 29.0 Å². The van der Waals surface area contributed by atoms with E-state index in [4.69, 9.17) is 0 Å². The van der Waals surface area contributed by atoms with Crippen LogP contribution in [0.4, 0.5) is 24.7 Å². The molecule has 1 fully saturated rings. The molecule has 1 aliphatic rings. The van der Waals surface area contributed by atoms with E-state index in [-0.39, 0.29) is 11.4 Å². The van der Waals surface area contributed by atoms with Gasteiger partial charge in [0.1, 0.15) is 0 Å². The average Bonchev–Trinajstić information content (AvgIpc) is 3.21. The number of aromatic nitrogens is 2. The van der Waals surface area contributed by atoms with E-state index >= 15 is 0 Å². The van der Waals surface area contributed by atoms with Gasteiger partial charge in [-0.2, -0.15) is 13.2 Å². The fourth-order valence-corrected chi connectivity index (χ4v) is 3.26. The Balaban J connectivity index is 1.71. The van der Waals surface area contributed by atoms with Crippen LogP contribution < -0.4 is 10.2 Å². The van der Waals surface area contributed by atoms with Crippen molar-refractivity contribution in [2.24, 2.45) is 0 Å². The molecule has 2 aromatic carbocycles. The second-order valence-corrected chi connectivity index (χ2v) is 6.61. The van der Waals surface area contributed by atoms with E-state index in [1.807, 2.05) is 17.0 Å². The van der Waals surface area contributed by atoms with Gasteiger partial charge >= 0.3 is 6.18 Å². The number of nitrogens with zero attached hydrogens (tertiary/aromatic N) is 3. The zero-order valence-corrected chi connectivity index (χ0v) is 14.8. The number of benzene rings is 2. The van der Waals surface area contributed by atoms with Crippen LogP contribution in [0.25, 0.3) is 11.0 Å². The molecule has 144 valence electrons. The average molecular weight is 386 g/mol. The number of anilines is 2. The van der Waals surface area contributed by atoms with Crippen LogP contribution in [0.2, 0.25) is 0 Å². The van der Waals surface area contributed by atoms with Gasteiger partial charge in [-0.3, -0.25) is 4.79 Å². The Kier molecular flexibility index (Phi) is 4.62. The molecular formula is C20H17F3N4O. The molecule has 2 heterocycles. The summed E-state index contributed by atoms with van der Waals surface area (Å²) in [6.45, 7) is 1.52. The molecule has 28 heavy (non-hydrogen) atoms. The lowest BCUT2D eigenvalue weighted by Gasteiger charge is -2.19. The van der Waals surface area contributed by atoms with Crippen molar-refractivity contribution in [3.05, 3.63) is 59.8 Å². The van der Waals surface area contributed by atoms with Crippen LogP contribution in [-0.2, 0) is 6.18 Å². The standard InChI is InChI=1S/C20H17F3N4O/c21-20(22,23)13-6-5-7-14(12-13)24-19(28)17-18(27-10-3-4-11-27)26-16-9-2-1-8-15(16)25-17/h1-2,5-9,12H,3-4,10-11H2,(H,24,28). The minimum absolute atomic E-state index is 0.0576. The SMILES string of the molecule is O=C(Nc1cccc(C(F)(F)F)c1)c1nc2ccccc2nc1N1CCCC1. The number of hydrogen-bond acceptors (Lipinski definition) is 4. The van der Waals surface area contributed by atoms with Gasteiger partial charge in [0.15, 0.2) is 11.5 Å². The first kappa shape index (κ1) is 18.2. The van der Waals surface area contributed by atoms with E-state index in [0.717, 1.165) is 38.1 Å². The molecular weight excluding hydrogens is 369 g/mol. The number of carbonyl (C=O) groups is 1. The molecule has 0 saturated carbocycles. The van der Waals surface area contributed by atoms with Crippen molar-refractivity contribution in [1.82, 2.24) is 9.97 Å². The molecule has 1 aliphatic heterocycles. The van der Waals surface area contributed by atoms with Crippen molar-refractivity contribution >= 4 is 28.4 Å². The Labute approximate surface area is 159 Å². The van der Waals surface area contributed by atoms with Gasteiger partial charge in [0.25, 0.3) is 5.91 Å². The largest absolute Gasteiger partial charge is 0.416 e. The van der Waals surface area contributed by atoms with Crippen molar-refractivity contribution in [1.29, 1.82) is 0 Å². The van der Waals surface area contributed by atoms with Gasteiger partial charge in [0.05, 0.1) is 16.6 Å². The first-order valence-electron chi connectivity index (χ1n) is 8.92. The monoisotopic (exact) mass is 386 g/mol. The van der Waals surface area contributed by atoms with E-state index < -0.39 is 17.6 Å². The Hall–Kier alpha value is -3.16. The topological polar surface area (TPSA) is 58.1 Å². The number of amides is 1. The summed E-state index contributed by atoms with van der Waals surface area (Å²) in [5, 5.41) is 2.53. The molecule has 8 heteroatoms. The first-order valence-corrected chi connectivity index (χ1v) is 8.92. The van der Waals surface area contributed by atoms with E-state index in [2.05, 4.69) is 15.3 Å². The molecule has 0 radical (unpaired) electrons. The molecule has 0 spiro atoms. The van der Waals surface area contributed by atoms with Gasteiger partial charge in [0, 0.05) is 18.8 Å². The third-order valence-corrected chi connectivity index (χ3v) is 4.62. The third kappa shape index (κ3) is 3.62. The van der Waals surface area contributed by atoms with Crippen LogP contribution in [0.15, 0.2) is 48.5 Å². The number of carbonyl (C=O) groups excluding carboxylic acids is 1. The lowest BCUT2D eigenvalue weighted by Crippen LogP contribution is -2.25. The predicted octanol–water partition coefficient (Wildman–Crippen LogP) is 4.50. The van der Waals surface area contributed by atoms with Gasteiger partial charge in [-0.1, -0.05) is 18.2 Å². The molecule has 0 aliphatic carbocycles. The second kappa shape index (κ2) is 7.10. The summed E-state index contributed by atoms with van der Waals surface area (Å²) in [6.07, 6.45) is -2.50. The minimum atomic E-state index is -4.48. The fraction of sp³-hybridized carbons (Fsp3) is 0.250. The zero-order chi connectivity index (χ0) is 19.7. The summed E-state index contributed by atoms with van der Waals surface area (Å²) in [6, 6.07) is 11.7. The molecule has 1 N–H and O–H groups in total. The number of alkyl halides is 3. The molecule has 0 atom stereocenters. The number of hydrogen-bond donors (Lipinski definition) is 1. The lowest BCUT2D eigenvalue weighted by molar-refractivity contribution is -0.137. The summed E-state index contributed by atoms with van der Waals surface area (Å²) >= 11 is 0. The van der Waals surface area contributed by atoms with Crippen molar-refractivity contribution in [2.75, 3.05) is 23.3 Å². The quantitative estimate of drug-likeness (QED) is 0.720. The molecule has 5 nitrogen and oxygen atoms in total. The van der Waals surface area contributed by atoms with Crippen LogP contribution >= 0.6 is 0 Å². The van der Waals surface area contributed by atoms with Crippen molar-refractivity contribution < 1.29 is 18.0 Å². The van der Waals surface area contributed by atoms with E-state index in [1.54, 1.807) is 12.1 Å². The van der Waals surface area contributed by atoms with Crippen LogP contribution in [0.3, 0.4) is 0 Å². The van der Waals surface area contributed by atoms with E-state index in [0.29, 0.717) is 16.9 Å². The Morgan fingerprint density at radius 3 is 2.32 bits per heavy atom. The molecule has 1 saturated heterocycles. The Morgan fingerprint density at radius 1 is 0.964 bits per heavy atom. The molecule has 1 aromatic heterocycles. The molecule has 4 rings (SSSR count). The first-order chi connectivity index (χ1) is 13.4. The number of nitrogens with one attached hydrogen (secondary N) is 1. The van der Waals surface area contributed by atoms with Crippen molar-refractivity contribution in [2.45, 2.75) is 19.0 Å². The molecule has 0 bridgehead atoms. The van der Waals surface area contributed by atoms with Gasteiger partial charge in [-0.25, -0.2) is 9.97 Å². The van der Waals surface area contributed by atoms with Crippen LogP contribution in [0, 0.1) is 0 Å². The maximum Gasteiger partial charge on any atom is 0.416 e. The number of halogens is 3. The highest BCUT2D eigenvalue weighted by Gasteiger charge is 2.31. The highest BCUT2D eigenvalue weighted by Crippen LogP contribution is 2.31. The predicted molar refractivity (Wildman–Crippen MR) is 100 cm³/mol. The zero-order valence-electron chi connectivity index (χ0n) is 14.8. The van der Waals surface area contributed by atoms with Crippen LogP contribution in [0.5, 0.6) is 0 Å². The van der Waals surface area contributed by atoms with Crippen molar-refractivity contribution in [3.63, 3.8) is 0 Å². The second-order valence-electron chi connectivity index (χ2n) is 6.61. The normalized spacial score (nSPS) is 14.5. The number of fused-ring (bicyclic) bond motifs is 1. The summed E-state index contributed by atoms with van der Waals surface area (Å²) in [5.41, 5.74) is 0.564. The highest BCUT2D eigenvalue weighted by molar-refractivity contribution is 6.07. The van der Waals surface area contributed by atoms with Gasteiger partial charge in [-0.05, 0) is 43.2 Å². The number of para-hydroxylation sites is 2. The summed E-state index contributed by atoms with van der Waals surface area (Å²) in [4.78, 5) is 23.9. The number of rotatable bonds is 3. The van der Waals surface area contributed by atoms with Crippen LogP contribution in [0.1, 0.15) is 28.9 Å². The highest BCUT2D eigenvalue weighted by atomic mass is 19.4. The van der Waals surface area contributed by atoms with Crippen molar-refractivity contribution in [3.8, 4) is 0 Å². The van der Waals surface area contributed by atoms with Gasteiger partial charge < -0.3 is 10.2 Å². The Bertz CT molecular complexity index is 1030. The smallest absolute Gasteiger partial charge is 0.355 e. The maximum atomic E-state index is 12.9. The van der Waals surface area contributed by atoms with E-state index in [1.165, 1.54) is 12.1 Å². The molecule has 0 unspecified atom stereocenters. The van der Waals surface area contributed by atoms with Gasteiger partial charge in [-0.15, -0.1) is 0 Å². The molecule has 3 aromatic rings. The third-order valence-electron chi connectivity index (χ3n) is 4.62. The van der Waals surface area contributed by atoms with Gasteiger partial charge in [0.2, 0.25) is 0 Å². The maximum absolute atomic E-state index is 12.9. The lowest BCUT2D eigenvalue weighted by atomic mass is 10.2. The molecule has 1 amide bonds. The summed E-state index contributed by atoms with van der Waals surface area (Å²) < 4.78 is 38.8. The van der Waals surface area contributed by atoms with E-state index in [9.17, 15) is 18.0 Å². The fourth-order valence-electron chi connectivity index (χ4n) is 3.26. The summed E-state index contributed by atoms with van der Waals surface area (Å²) in [5.74, 6) is -0.125. The Morgan fingerprint density at radius 2 is 1.64 bits per heavy atom. The minimum Gasteiger partial charge on any atom is -0.355 e.